The molecule has 0 radical (unpaired) electrons. The zero-order valence-electron chi connectivity index (χ0n) is 16.8. The van der Waals surface area contributed by atoms with Crippen molar-refractivity contribution in [2.24, 2.45) is 0 Å². The third kappa shape index (κ3) is 4.22. The van der Waals surface area contributed by atoms with Crippen molar-refractivity contribution in [1.82, 2.24) is 18.0 Å². The number of rotatable bonds is 5. The van der Waals surface area contributed by atoms with Crippen molar-refractivity contribution < 1.29 is 13.2 Å². The monoisotopic (exact) mass is 445 g/mol. The maximum atomic E-state index is 12.9. The Hall–Kier alpha value is -2.40. The zero-order chi connectivity index (χ0) is 21.3. The third-order valence-electron chi connectivity index (χ3n) is 5.37. The molecule has 1 saturated heterocycles. The minimum absolute atomic E-state index is 0.152. The summed E-state index contributed by atoms with van der Waals surface area (Å²) >= 11 is 1.11. The lowest BCUT2D eigenvalue weighted by molar-refractivity contribution is -0.117. The average Bonchev–Trinajstić information content (AvgIpc) is 3.20. The van der Waals surface area contributed by atoms with E-state index in [1.807, 2.05) is 36.9 Å². The number of benzene rings is 2. The number of anilines is 1. The zero-order valence-corrected chi connectivity index (χ0v) is 18.5. The number of amides is 1. The molecule has 4 rings (SSSR count). The van der Waals surface area contributed by atoms with Gasteiger partial charge in [0.15, 0.2) is 0 Å². The van der Waals surface area contributed by atoms with E-state index in [4.69, 9.17) is 0 Å². The van der Waals surface area contributed by atoms with Crippen LogP contribution in [0.2, 0.25) is 0 Å². The minimum Gasteiger partial charge on any atom is -0.323 e. The van der Waals surface area contributed by atoms with E-state index in [2.05, 4.69) is 14.1 Å². The summed E-state index contributed by atoms with van der Waals surface area (Å²) in [5.74, 6) is -0.152. The number of fused-ring (bicyclic) bond motifs is 1. The molecule has 1 aromatic heterocycles. The summed E-state index contributed by atoms with van der Waals surface area (Å²) in [4.78, 5) is 14.8. The van der Waals surface area contributed by atoms with Crippen LogP contribution in [0.1, 0.15) is 11.1 Å². The fourth-order valence-corrected chi connectivity index (χ4v) is 5.51. The van der Waals surface area contributed by atoms with Gasteiger partial charge < -0.3 is 5.32 Å². The number of nitrogens with one attached hydrogen (secondary N) is 1. The molecule has 1 fully saturated rings. The van der Waals surface area contributed by atoms with Crippen molar-refractivity contribution in [1.29, 1.82) is 0 Å². The molecule has 158 valence electrons. The fraction of sp³-hybridized carbons (Fsp3) is 0.350. The van der Waals surface area contributed by atoms with Gasteiger partial charge in [0.1, 0.15) is 11.0 Å². The second-order valence-electron chi connectivity index (χ2n) is 7.41. The van der Waals surface area contributed by atoms with Crippen molar-refractivity contribution >= 4 is 44.4 Å². The molecule has 2 aromatic carbocycles. The van der Waals surface area contributed by atoms with Gasteiger partial charge in [-0.3, -0.25) is 9.69 Å². The van der Waals surface area contributed by atoms with Crippen LogP contribution < -0.4 is 5.32 Å². The maximum Gasteiger partial charge on any atom is 0.243 e. The standard InChI is InChI=1S/C20H23N5O3S2/c1-14-6-7-16(12-15(14)2)30(27,28)25-10-8-24(9-11-25)13-19(26)21-17-4-3-5-18-20(17)23-29-22-18/h3-7,12H,8-11,13H2,1-2H3,(H,21,26). The molecule has 0 bridgehead atoms. The van der Waals surface area contributed by atoms with Gasteiger partial charge in [0, 0.05) is 26.2 Å². The highest BCUT2D eigenvalue weighted by atomic mass is 32.2. The maximum absolute atomic E-state index is 12.9. The lowest BCUT2D eigenvalue weighted by atomic mass is 10.1. The van der Waals surface area contributed by atoms with Crippen LogP contribution in [0.5, 0.6) is 0 Å². The average molecular weight is 446 g/mol. The highest BCUT2D eigenvalue weighted by molar-refractivity contribution is 7.89. The Morgan fingerprint density at radius 3 is 2.57 bits per heavy atom. The van der Waals surface area contributed by atoms with Gasteiger partial charge in [-0.05, 0) is 49.2 Å². The van der Waals surface area contributed by atoms with E-state index in [1.165, 1.54) is 4.31 Å². The molecule has 0 aliphatic carbocycles. The highest BCUT2D eigenvalue weighted by Crippen LogP contribution is 2.22. The molecule has 3 aromatic rings. The lowest BCUT2D eigenvalue weighted by Gasteiger charge is -2.33. The molecule has 1 N–H and O–H groups in total. The molecule has 0 atom stereocenters. The van der Waals surface area contributed by atoms with Crippen LogP contribution in [0.4, 0.5) is 5.69 Å². The number of nitrogens with zero attached hydrogens (tertiary/aromatic N) is 4. The number of aromatic nitrogens is 2. The van der Waals surface area contributed by atoms with E-state index >= 15 is 0 Å². The van der Waals surface area contributed by atoms with Crippen LogP contribution in [0.3, 0.4) is 0 Å². The van der Waals surface area contributed by atoms with Gasteiger partial charge in [-0.25, -0.2) is 8.42 Å². The van der Waals surface area contributed by atoms with E-state index in [0.717, 1.165) is 28.4 Å². The summed E-state index contributed by atoms with van der Waals surface area (Å²) in [5, 5.41) is 2.89. The Bertz CT molecular complexity index is 1180. The first-order valence-electron chi connectivity index (χ1n) is 9.65. The van der Waals surface area contributed by atoms with Gasteiger partial charge in [-0.2, -0.15) is 13.1 Å². The number of sulfonamides is 1. The Labute approximate surface area is 179 Å². The van der Waals surface area contributed by atoms with Crippen LogP contribution in [0.25, 0.3) is 11.0 Å². The van der Waals surface area contributed by atoms with Crippen molar-refractivity contribution in [2.75, 3.05) is 38.0 Å². The van der Waals surface area contributed by atoms with Crippen molar-refractivity contribution in [2.45, 2.75) is 18.7 Å². The fourth-order valence-electron chi connectivity index (χ4n) is 3.45. The molecule has 2 heterocycles. The van der Waals surface area contributed by atoms with Crippen LogP contribution >= 0.6 is 11.7 Å². The first-order valence-corrected chi connectivity index (χ1v) is 11.8. The predicted molar refractivity (Wildman–Crippen MR) is 117 cm³/mol. The second kappa shape index (κ2) is 8.38. The normalized spacial score (nSPS) is 16.1. The summed E-state index contributed by atoms with van der Waals surface area (Å²) in [6.07, 6.45) is 0. The van der Waals surface area contributed by atoms with Gasteiger partial charge in [-0.15, -0.1) is 0 Å². The summed E-state index contributed by atoms with van der Waals surface area (Å²) < 4.78 is 35.8. The Morgan fingerprint density at radius 1 is 1.07 bits per heavy atom. The van der Waals surface area contributed by atoms with Crippen LogP contribution in [-0.2, 0) is 14.8 Å². The minimum atomic E-state index is -3.53. The van der Waals surface area contributed by atoms with E-state index in [-0.39, 0.29) is 12.5 Å². The third-order valence-corrected chi connectivity index (χ3v) is 7.81. The van der Waals surface area contributed by atoms with Gasteiger partial charge >= 0.3 is 0 Å². The molecule has 0 saturated carbocycles. The van der Waals surface area contributed by atoms with E-state index < -0.39 is 10.0 Å². The van der Waals surface area contributed by atoms with Crippen molar-refractivity contribution in [3.63, 3.8) is 0 Å². The van der Waals surface area contributed by atoms with E-state index in [0.29, 0.717) is 42.3 Å². The topological polar surface area (TPSA) is 95.5 Å². The molecule has 30 heavy (non-hydrogen) atoms. The van der Waals surface area contributed by atoms with Gasteiger partial charge in [0.25, 0.3) is 0 Å². The Balaban J connectivity index is 1.35. The van der Waals surface area contributed by atoms with Crippen molar-refractivity contribution in [3.8, 4) is 0 Å². The largest absolute Gasteiger partial charge is 0.323 e. The Morgan fingerprint density at radius 2 is 1.83 bits per heavy atom. The molecule has 8 nitrogen and oxygen atoms in total. The second-order valence-corrected chi connectivity index (χ2v) is 9.88. The number of hydrogen-bond acceptors (Lipinski definition) is 7. The van der Waals surface area contributed by atoms with Crippen LogP contribution in [-0.4, -0.2) is 65.0 Å². The number of carbonyl (C=O) groups is 1. The summed E-state index contributed by atoms with van der Waals surface area (Å²) in [7, 11) is -3.53. The number of hydrogen-bond donors (Lipinski definition) is 1. The number of aryl methyl sites for hydroxylation is 2. The molecular formula is C20H23N5O3S2. The van der Waals surface area contributed by atoms with E-state index in [1.54, 1.807) is 18.2 Å². The van der Waals surface area contributed by atoms with E-state index in [9.17, 15) is 13.2 Å². The molecule has 0 unspecified atom stereocenters. The van der Waals surface area contributed by atoms with Crippen LogP contribution in [0, 0.1) is 13.8 Å². The van der Waals surface area contributed by atoms with Crippen molar-refractivity contribution in [3.05, 3.63) is 47.5 Å². The first-order chi connectivity index (χ1) is 14.3. The van der Waals surface area contributed by atoms with Gasteiger partial charge in [-0.1, -0.05) is 12.1 Å². The van der Waals surface area contributed by atoms with Crippen LogP contribution in [0.15, 0.2) is 41.3 Å². The molecular weight excluding hydrogens is 422 g/mol. The highest BCUT2D eigenvalue weighted by Gasteiger charge is 2.29. The summed E-state index contributed by atoms with van der Waals surface area (Å²) in [5.41, 5.74) is 4.09. The molecule has 1 aliphatic rings. The predicted octanol–water partition coefficient (Wildman–Crippen LogP) is 2.25. The summed E-state index contributed by atoms with van der Waals surface area (Å²) in [6, 6.07) is 10.7. The van der Waals surface area contributed by atoms with Gasteiger partial charge in [0.2, 0.25) is 15.9 Å². The molecule has 1 aliphatic heterocycles. The number of carbonyl (C=O) groups excluding carboxylic acids is 1. The molecule has 10 heteroatoms. The lowest BCUT2D eigenvalue weighted by Crippen LogP contribution is -2.50. The Kier molecular flexibility index (Phi) is 5.83. The summed E-state index contributed by atoms with van der Waals surface area (Å²) in [6.45, 7) is 5.78. The quantitative estimate of drug-likeness (QED) is 0.647. The molecule has 0 spiro atoms. The first kappa shape index (κ1) is 20.9. The number of piperazine rings is 1. The SMILES string of the molecule is Cc1ccc(S(=O)(=O)N2CCN(CC(=O)Nc3cccc4nsnc34)CC2)cc1C. The van der Waals surface area contributed by atoms with Gasteiger partial charge in [0.05, 0.1) is 28.9 Å². The smallest absolute Gasteiger partial charge is 0.243 e. The molecule has 1 amide bonds.